The van der Waals surface area contributed by atoms with Crippen LogP contribution >= 0.6 is 11.8 Å². The molecule has 0 fully saturated rings. The van der Waals surface area contributed by atoms with Crippen LogP contribution in [0.4, 0.5) is 5.69 Å². The zero-order valence-electron chi connectivity index (χ0n) is 19.0. The average molecular weight is 474 g/mol. The molecule has 0 aliphatic carbocycles. The summed E-state index contributed by atoms with van der Waals surface area (Å²) < 4.78 is 7.38. The quantitative estimate of drug-likeness (QED) is 0.308. The molecule has 0 aliphatic rings. The Morgan fingerprint density at radius 3 is 2.38 bits per heavy atom. The fraction of sp³-hybridized carbons (Fsp3) is 0.192. The molecule has 0 saturated carbocycles. The summed E-state index contributed by atoms with van der Waals surface area (Å²) in [5.74, 6) is 2.15. The van der Waals surface area contributed by atoms with Crippen LogP contribution in [-0.2, 0) is 17.9 Å². The molecule has 3 aromatic carbocycles. The third-order valence-electron chi connectivity index (χ3n) is 5.17. The van der Waals surface area contributed by atoms with Gasteiger partial charge in [-0.1, -0.05) is 66.4 Å². The van der Waals surface area contributed by atoms with Gasteiger partial charge in [-0.05, 0) is 30.3 Å². The normalized spacial score (nSPS) is 10.6. The van der Waals surface area contributed by atoms with Gasteiger partial charge < -0.3 is 15.4 Å². The number of anilines is 1. The molecule has 0 saturated heterocycles. The molecule has 0 aliphatic heterocycles. The Balaban J connectivity index is 1.37. The van der Waals surface area contributed by atoms with Crippen LogP contribution in [0.15, 0.2) is 90.1 Å². The van der Waals surface area contributed by atoms with Crippen molar-refractivity contribution < 1.29 is 9.53 Å². The molecule has 1 amide bonds. The highest BCUT2D eigenvalue weighted by molar-refractivity contribution is 7.99. The minimum Gasteiger partial charge on any atom is -0.496 e. The van der Waals surface area contributed by atoms with Crippen LogP contribution in [0.5, 0.6) is 5.75 Å². The molecule has 0 spiro atoms. The molecular formula is C26H27N5O2S. The molecule has 4 aromatic rings. The molecule has 7 nitrogen and oxygen atoms in total. The number of carbonyl (C=O) groups is 1. The lowest BCUT2D eigenvalue weighted by Crippen LogP contribution is -2.23. The fourth-order valence-electron chi connectivity index (χ4n) is 3.45. The molecule has 0 bridgehead atoms. The predicted molar refractivity (Wildman–Crippen MR) is 135 cm³/mol. The summed E-state index contributed by atoms with van der Waals surface area (Å²) in [4.78, 5) is 12.4. The number of thioether (sulfide) groups is 1. The molecule has 174 valence electrons. The number of nitrogens with zero attached hydrogens (tertiary/aromatic N) is 3. The van der Waals surface area contributed by atoms with Gasteiger partial charge in [0.25, 0.3) is 0 Å². The molecule has 2 N–H and O–H groups in total. The SMILES string of the molecule is COc1ccccc1CNC(=O)CCSc1nnc(CNc2ccccc2)n1-c1ccccc1. The van der Waals surface area contributed by atoms with Crippen molar-refractivity contribution in [1.29, 1.82) is 0 Å². The van der Waals surface area contributed by atoms with E-state index in [1.807, 2.05) is 89.5 Å². The van der Waals surface area contributed by atoms with Crippen LogP contribution in [0.25, 0.3) is 5.69 Å². The lowest BCUT2D eigenvalue weighted by atomic mass is 10.2. The molecule has 34 heavy (non-hydrogen) atoms. The fourth-order valence-corrected chi connectivity index (χ4v) is 4.36. The standard InChI is InChI=1S/C26H27N5O2S/c1-33-23-15-9-8-10-20(23)18-28-25(32)16-17-34-26-30-29-24(19-27-21-11-4-2-5-12-21)31(26)22-13-6-3-7-14-22/h2-15,27H,16-19H2,1H3,(H,28,32). The summed E-state index contributed by atoms with van der Waals surface area (Å²) in [5.41, 5.74) is 2.96. The highest BCUT2D eigenvalue weighted by Crippen LogP contribution is 2.23. The highest BCUT2D eigenvalue weighted by atomic mass is 32.2. The van der Waals surface area contributed by atoms with Crippen molar-refractivity contribution in [2.24, 2.45) is 0 Å². The third kappa shape index (κ3) is 6.17. The van der Waals surface area contributed by atoms with Crippen molar-refractivity contribution in [3.05, 3.63) is 96.3 Å². The van der Waals surface area contributed by atoms with E-state index in [4.69, 9.17) is 4.74 Å². The molecule has 0 atom stereocenters. The minimum absolute atomic E-state index is 0.0184. The molecule has 0 radical (unpaired) electrons. The molecule has 1 aromatic heterocycles. The van der Waals surface area contributed by atoms with E-state index < -0.39 is 0 Å². The van der Waals surface area contributed by atoms with Crippen LogP contribution in [-0.4, -0.2) is 33.5 Å². The number of ether oxygens (including phenoxy) is 1. The second kappa shape index (κ2) is 11.9. The number of hydrogen-bond acceptors (Lipinski definition) is 6. The molecule has 4 rings (SSSR count). The second-order valence-electron chi connectivity index (χ2n) is 7.48. The van der Waals surface area contributed by atoms with Crippen LogP contribution in [0.1, 0.15) is 17.8 Å². The maximum absolute atomic E-state index is 12.4. The summed E-state index contributed by atoms with van der Waals surface area (Å²) in [6.07, 6.45) is 0.374. The molecule has 0 unspecified atom stereocenters. The van der Waals surface area contributed by atoms with Crippen molar-refractivity contribution in [3.8, 4) is 11.4 Å². The Morgan fingerprint density at radius 1 is 0.912 bits per heavy atom. The van der Waals surface area contributed by atoms with Crippen molar-refractivity contribution in [2.75, 3.05) is 18.2 Å². The lowest BCUT2D eigenvalue weighted by Gasteiger charge is -2.12. The van der Waals surface area contributed by atoms with Crippen LogP contribution in [0, 0.1) is 0 Å². The van der Waals surface area contributed by atoms with Crippen molar-refractivity contribution >= 4 is 23.4 Å². The van der Waals surface area contributed by atoms with Gasteiger partial charge in [0.1, 0.15) is 5.75 Å². The van der Waals surface area contributed by atoms with E-state index >= 15 is 0 Å². The second-order valence-corrected chi connectivity index (χ2v) is 8.54. The summed E-state index contributed by atoms with van der Waals surface area (Å²) in [5, 5.41) is 15.9. The van der Waals surface area contributed by atoms with Gasteiger partial charge in [0.05, 0.1) is 13.7 Å². The van der Waals surface area contributed by atoms with E-state index in [9.17, 15) is 4.79 Å². The van der Waals surface area contributed by atoms with Gasteiger partial charge in [-0.25, -0.2) is 0 Å². The first-order valence-electron chi connectivity index (χ1n) is 11.0. The summed E-state index contributed by atoms with van der Waals surface area (Å²) in [6, 6.07) is 27.7. The van der Waals surface area contributed by atoms with Gasteiger partial charge in [-0.15, -0.1) is 10.2 Å². The number of para-hydroxylation sites is 3. The summed E-state index contributed by atoms with van der Waals surface area (Å²) in [7, 11) is 1.63. The number of nitrogens with one attached hydrogen (secondary N) is 2. The Morgan fingerprint density at radius 2 is 1.62 bits per heavy atom. The van der Waals surface area contributed by atoms with Gasteiger partial charge in [0.2, 0.25) is 5.91 Å². The van der Waals surface area contributed by atoms with Gasteiger partial charge in [0, 0.05) is 35.7 Å². The zero-order valence-corrected chi connectivity index (χ0v) is 19.8. The third-order valence-corrected chi connectivity index (χ3v) is 6.10. The van der Waals surface area contributed by atoms with E-state index in [-0.39, 0.29) is 5.91 Å². The van der Waals surface area contributed by atoms with E-state index in [1.54, 1.807) is 7.11 Å². The molecule has 8 heteroatoms. The van der Waals surface area contributed by atoms with Gasteiger partial charge in [-0.2, -0.15) is 0 Å². The van der Waals surface area contributed by atoms with E-state index in [2.05, 4.69) is 20.8 Å². The molecular weight excluding hydrogens is 446 g/mol. The smallest absolute Gasteiger partial charge is 0.221 e. The number of aromatic nitrogens is 3. The Hall–Kier alpha value is -3.78. The van der Waals surface area contributed by atoms with Gasteiger partial charge in [0.15, 0.2) is 11.0 Å². The van der Waals surface area contributed by atoms with Crippen molar-refractivity contribution in [3.63, 3.8) is 0 Å². The predicted octanol–water partition coefficient (Wildman–Crippen LogP) is 4.69. The van der Waals surface area contributed by atoms with E-state index in [1.165, 1.54) is 11.8 Å². The van der Waals surface area contributed by atoms with Crippen LogP contribution in [0.3, 0.4) is 0 Å². The number of rotatable bonds is 11. The Bertz CT molecular complexity index is 1200. The maximum atomic E-state index is 12.4. The number of carbonyl (C=O) groups excluding carboxylic acids is 1. The highest BCUT2D eigenvalue weighted by Gasteiger charge is 2.15. The van der Waals surface area contributed by atoms with E-state index in [0.29, 0.717) is 25.3 Å². The van der Waals surface area contributed by atoms with E-state index in [0.717, 1.165) is 33.7 Å². The Labute approximate surface area is 203 Å². The average Bonchev–Trinajstić information content (AvgIpc) is 3.30. The monoisotopic (exact) mass is 473 g/mol. The maximum Gasteiger partial charge on any atom is 0.221 e. The first kappa shape index (κ1) is 23.4. The number of methoxy groups -OCH3 is 1. The topological polar surface area (TPSA) is 81.1 Å². The number of benzene rings is 3. The summed E-state index contributed by atoms with van der Waals surface area (Å²) in [6.45, 7) is 0.967. The summed E-state index contributed by atoms with van der Waals surface area (Å²) >= 11 is 1.52. The minimum atomic E-state index is -0.0184. The van der Waals surface area contributed by atoms with Gasteiger partial charge in [-0.3, -0.25) is 9.36 Å². The first-order valence-corrected chi connectivity index (χ1v) is 12.0. The first-order chi connectivity index (χ1) is 16.7. The van der Waals surface area contributed by atoms with Gasteiger partial charge >= 0.3 is 0 Å². The Kier molecular flexibility index (Phi) is 8.18. The largest absolute Gasteiger partial charge is 0.496 e. The van der Waals surface area contributed by atoms with Crippen LogP contribution in [0.2, 0.25) is 0 Å². The number of hydrogen-bond donors (Lipinski definition) is 2. The van der Waals surface area contributed by atoms with Crippen molar-refractivity contribution in [2.45, 2.75) is 24.7 Å². The van der Waals surface area contributed by atoms with Crippen LogP contribution < -0.4 is 15.4 Å². The lowest BCUT2D eigenvalue weighted by molar-refractivity contribution is -0.120. The zero-order chi connectivity index (χ0) is 23.6. The van der Waals surface area contributed by atoms with Crippen molar-refractivity contribution in [1.82, 2.24) is 20.1 Å². The number of amides is 1. The molecule has 1 heterocycles.